The van der Waals surface area contributed by atoms with Crippen LogP contribution in [0.5, 0.6) is 0 Å². The average molecular weight is 299 g/mol. The van der Waals surface area contributed by atoms with Crippen molar-refractivity contribution in [3.05, 3.63) is 53.3 Å². The zero-order valence-corrected chi connectivity index (χ0v) is 13.1. The summed E-state index contributed by atoms with van der Waals surface area (Å²) in [5.74, 6) is -0.158. The lowest BCUT2D eigenvalue weighted by Gasteiger charge is -2.11. The molecule has 0 fully saturated rings. The summed E-state index contributed by atoms with van der Waals surface area (Å²) in [5, 5.41) is 6.09. The Labute approximate surface area is 130 Å². The van der Waals surface area contributed by atoms with Crippen molar-refractivity contribution in [2.45, 2.75) is 13.8 Å². The first-order chi connectivity index (χ1) is 10.6. The van der Waals surface area contributed by atoms with Gasteiger partial charge in [-0.15, -0.1) is 0 Å². The van der Waals surface area contributed by atoms with E-state index in [0.29, 0.717) is 18.7 Å². The number of rotatable bonds is 6. The topological polar surface area (TPSA) is 63.2 Å². The second-order valence-corrected chi connectivity index (χ2v) is 5.15. The highest BCUT2D eigenvalue weighted by molar-refractivity contribution is 5.94. The predicted octanol–water partition coefficient (Wildman–Crippen LogP) is 2.82. The Bertz CT molecular complexity index is 656. The number of hydrogen-bond donors (Lipinski definition) is 2. The number of hydrogen-bond acceptors (Lipinski definition) is 4. The number of ether oxygens (including phenoxy) is 1. The van der Waals surface area contributed by atoms with Crippen LogP contribution in [0.25, 0.3) is 0 Å². The third-order valence-corrected chi connectivity index (χ3v) is 3.26. The Morgan fingerprint density at radius 3 is 2.82 bits per heavy atom. The van der Waals surface area contributed by atoms with Crippen molar-refractivity contribution in [1.82, 2.24) is 10.3 Å². The fourth-order valence-electron chi connectivity index (χ4n) is 2.03. The lowest BCUT2D eigenvalue weighted by Crippen LogP contribution is -2.27. The van der Waals surface area contributed by atoms with Crippen LogP contribution in [-0.2, 0) is 4.74 Å². The van der Waals surface area contributed by atoms with E-state index >= 15 is 0 Å². The summed E-state index contributed by atoms with van der Waals surface area (Å²) in [6.07, 6.45) is 3.25. The fourth-order valence-corrected chi connectivity index (χ4v) is 2.03. The number of aryl methyl sites for hydroxylation is 2. The molecule has 0 aliphatic carbocycles. The molecule has 1 amide bonds. The maximum absolute atomic E-state index is 12.0. The van der Waals surface area contributed by atoms with Crippen molar-refractivity contribution in [3.63, 3.8) is 0 Å². The number of methoxy groups -OCH3 is 1. The molecule has 2 rings (SSSR count). The molecule has 2 aromatic rings. The van der Waals surface area contributed by atoms with Gasteiger partial charge in [-0.05, 0) is 37.1 Å². The standard InChI is InChI=1S/C17H21N3O2/c1-12-4-5-13(2)16(8-12)20-15-9-14(10-18-11-15)17(21)19-6-7-22-3/h4-5,8-11,20H,6-7H2,1-3H3,(H,19,21). The maximum atomic E-state index is 12.0. The van der Waals surface area contributed by atoms with Crippen molar-refractivity contribution in [2.75, 3.05) is 25.6 Å². The number of pyridine rings is 1. The Balaban J connectivity index is 2.11. The van der Waals surface area contributed by atoms with Gasteiger partial charge in [-0.2, -0.15) is 0 Å². The molecule has 0 spiro atoms. The fraction of sp³-hybridized carbons (Fsp3) is 0.294. The molecular weight excluding hydrogens is 278 g/mol. The van der Waals surface area contributed by atoms with E-state index in [9.17, 15) is 4.79 Å². The summed E-state index contributed by atoms with van der Waals surface area (Å²) in [4.78, 5) is 16.1. The number of carbonyl (C=O) groups is 1. The lowest BCUT2D eigenvalue weighted by molar-refractivity contribution is 0.0937. The first kappa shape index (κ1) is 16.0. The van der Waals surface area contributed by atoms with Gasteiger partial charge in [-0.25, -0.2) is 0 Å². The smallest absolute Gasteiger partial charge is 0.253 e. The summed E-state index contributed by atoms with van der Waals surface area (Å²) in [6.45, 7) is 5.04. The zero-order valence-electron chi connectivity index (χ0n) is 13.1. The SMILES string of the molecule is COCCNC(=O)c1cncc(Nc2cc(C)ccc2C)c1. The highest BCUT2D eigenvalue weighted by atomic mass is 16.5. The summed E-state index contributed by atoms with van der Waals surface area (Å²) < 4.78 is 4.91. The van der Waals surface area contributed by atoms with E-state index in [1.807, 2.05) is 13.8 Å². The van der Waals surface area contributed by atoms with E-state index in [4.69, 9.17) is 4.74 Å². The van der Waals surface area contributed by atoms with Gasteiger partial charge in [0.2, 0.25) is 0 Å². The minimum atomic E-state index is -0.158. The first-order valence-electron chi connectivity index (χ1n) is 7.16. The van der Waals surface area contributed by atoms with E-state index in [-0.39, 0.29) is 5.91 Å². The van der Waals surface area contributed by atoms with Gasteiger partial charge in [0.25, 0.3) is 5.91 Å². The summed E-state index contributed by atoms with van der Waals surface area (Å²) >= 11 is 0. The Hall–Kier alpha value is -2.40. The van der Waals surface area contributed by atoms with Crippen LogP contribution >= 0.6 is 0 Å². The maximum Gasteiger partial charge on any atom is 0.253 e. The van der Waals surface area contributed by atoms with Gasteiger partial charge in [0.15, 0.2) is 0 Å². The lowest BCUT2D eigenvalue weighted by atomic mass is 10.1. The molecular formula is C17H21N3O2. The van der Waals surface area contributed by atoms with Crippen LogP contribution in [0, 0.1) is 13.8 Å². The van der Waals surface area contributed by atoms with E-state index < -0.39 is 0 Å². The summed E-state index contributed by atoms with van der Waals surface area (Å²) in [7, 11) is 1.60. The predicted molar refractivity (Wildman–Crippen MR) is 87.6 cm³/mol. The molecule has 0 saturated heterocycles. The summed E-state index contributed by atoms with van der Waals surface area (Å²) in [5.41, 5.74) is 4.63. The molecule has 0 unspecified atom stereocenters. The normalized spacial score (nSPS) is 10.3. The van der Waals surface area contributed by atoms with Crippen molar-refractivity contribution in [1.29, 1.82) is 0 Å². The monoisotopic (exact) mass is 299 g/mol. The Kier molecular flexibility index (Phi) is 5.49. The second-order valence-electron chi connectivity index (χ2n) is 5.15. The van der Waals surface area contributed by atoms with Crippen LogP contribution in [0.2, 0.25) is 0 Å². The summed E-state index contributed by atoms with van der Waals surface area (Å²) in [6, 6.07) is 7.99. The number of amides is 1. The molecule has 0 radical (unpaired) electrons. The number of nitrogens with zero attached hydrogens (tertiary/aromatic N) is 1. The minimum Gasteiger partial charge on any atom is -0.383 e. The zero-order chi connectivity index (χ0) is 15.9. The molecule has 5 heteroatoms. The molecule has 2 N–H and O–H groups in total. The van der Waals surface area contributed by atoms with Gasteiger partial charge in [0.1, 0.15) is 0 Å². The molecule has 22 heavy (non-hydrogen) atoms. The molecule has 0 bridgehead atoms. The van der Waals surface area contributed by atoms with Crippen molar-refractivity contribution in [2.24, 2.45) is 0 Å². The van der Waals surface area contributed by atoms with Crippen LogP contribution in [0.15, 0.2) is 36.7 Å². The van der Waals surface area contributed by atoms with Gasteiger partial charge in [0.05, 0.1) is 24.1 Å². The molecule has 1 aromatic heterocycles. The molecule has 0 aliphatic rings. The van der Waals surface area contributed by atoms with Gasteiger partial charge in [0, 0.05) is 25.5 Å². The van der Waals surface area contributed by atoms with Crippen LogP contribution in [0.3, 0.4) is 0 Å². The first-order valence-corrected chi connectivity index (χ1v) is 7.16. The van der Waals surface area contributed by atoms with Crippen LogP contribution < -0.4 is 10.6 Å². The number of nitrogens with one attached hydrogen (secondary N) is 2. The van der Waals surface area contributed by atoms with E-state index in [2.05, 4.69) is 33.8 Å². The molecule has 1 heterocycles. The average Bonchev–Trinajstić information content (AvgIpc) is 2.51. The Morgan fingerprint density at radius 2 is 2.05 bits per heavy atom. The van der Waals surface area contributed by atoms with Gasteiger partial charge in [-0.1, -0.05) is 12.1 Å². The molecule has 1 aromatic carbocycles. The third kappa shape index (κ3) is 4.30. The van der Waals surface area contributed by atoms with Crippen LogP contribution in [-0.4, -0.2) is 31.2 Å². The van der Waals surface area contributed by atoms with E-state index in [0.717, 1.165) is 16.9 Å². The number of anilines is 2. The number of aromatic nitrogens is 1. The largest absolute Gasteiger partial charge is 0.383 e. The highest BCUT2D eigenvalue weighted by Crippen LogP contribution is 2.21. The van der Waals surface area contributed by atoms with Crippen LogP contribution in [0.4, 0.5) is 11.4 Å². The van der Waals surface area contributed by atoms with Crippen LogP contribution in [0.1, 0.15) is 21.5 Å². The Morgan fingerprint density at radius 1 is 1.23 bits per heavy atom. The van der Waals surface area contributed by atoms with E-state index in [1.165, 1.54) is 5.56 Å². The molecule has 116 valence electrons. The van der Waals surface area contributed by atoms with Gasteiger partial charge < -0.3 is 15.4 Å². The van der Waals surface area contributed by atoms with E-state index in [1.54, 1.807) is 25.6 Å². The molecule has 0 aliphatic heterocycles. The number of benzene rings is 1. The number of carbonyl (C=O) groups excluding carboxylic acids is 1. The highest BCUT2D eigenvalue weighted by Gasteiger charge is 2.07. The quantitative estimate of drug-likeness (QED) is 0.805. The van der Waals surface area contributed by atoms with Crippen molar-refractivity contribution < 1.29 is 9.53 Å². The van der Waals surface area contributed by atoms with Crippen molar-refractivity contribution in [3.8, 4) is 0 Å². The van der Waals surface area contributed by atoms with Gasteiger partial charge >= 0.3 is 0 Å². The van der Waals surface area contributed by atoms with Crippen molar-refractivity contribution >= 4 is 17.3 Å². The third-order valence-electron chi connectivity index (χ3n) is 3.26. The molecule has 0 atom stereocenters. The molecule has 0 saturated carbocycles. The molecule has 5 nitrogen and oxygen atoms in total. The van der Waals surface area contributed by atoms with Gasteiger partial charge in [-0.3, -0.25) is 9.78 Å². The second kappa shape index (κ2) is 7.56. The minimum absolute atomic E-state index is 0.158.